The van der Waals surface area contributed by atoms with E-state index in [9.17, 15) is 9.59 Å². The summed E-state index contributed by atoms with van der Waals surface area (Å²) in [5, 5.41) is 10.7. The standard InChI is InChI=1S/C17H20N6O2/c24-14(20-12-6-3-1-2-4-7-12)10-22-13-8-5-9-18-15(13)23-11-19-21-16(23)17(22)25/h5,8-9,11-12H,1-4,6-7,10H2,(H,20,24). The molecule has 1 aliphatic rings. The third-order valence-electron chi connectivity index (χ3n) is 4.79. The fourth-order valence-electron chi connectivity index (χ4n) is 3.55. The van der Waals surface area contributed by atoms with Crippen LogP contribution in [0.1, 0.15) is 38.5 Å². The molecule has 8 nitrogen and oxygen atoms in total. The van der Waals surface area contributed by atoms with Crippen molar-refractivity contribution in [2.24, 2.45) is 0 Å². The van der Waals surface area contributed by atoms with E-state index in [1.165, 1.54) is 23.7 Å². The zero-order valence-electron chi connectivity index (χ0n) is 13.9. The lowest BCUT2D eigenvalue weighted by Gasteiger charge is -2.17. The van der Waals surface area contributed by atoms with Gasteiger partial charge in [-0.25, -0.2) is 4.98 Å². The summed E-state index contributed by atoms with van der Waals surface area (Å²) >= 11 is 0. The summed E-state index contributed by atoms with van der Waals surface area (Å²) in [4.78, 5) is 29.6. The largest absolute Gasteiger partial charge is 0.352 e. The molecule has 130 valence electrons. The average molecular weight is 340 g/mol. The van der Waals surface area contributed by atoms with Crippen LogP contribution in [-0.4, -0.2) is 36.1 Å². The van der Waals surface area contributed by atoms with Crippen LogP contribution < -0.4 is 10.9 Å². The Morgan fingerprint density at radius 3 is 2.80 bits per heavy atom. The second-order valence-corrected chi connectivity index (χ2v) is 6.52. The van der Waals surface area contributed by atoms with Crippen molar-refractivity contribution >= 4 is 22.7 Å². The van der Waals surface area contributed by atoms with Crippen molar-refractivity contribution in [3.63, 3.8) is 0 Å². The third kappa shape index (κ3) is 2.99. The highest BCUT2D eigenvalue weighted by Crippen LogP contribution is 2.17. The molecular formula is C17H20N6O2. The summed E-state index contributed by atoms with van der Waals surface area (Å²) in [7, 11) is 0. The van der Waals surface area contributed by atoms with Crippen LogP contribution in [0.25, 0.3) is 16.8 Å². The van der Waals surface area contributed by atoms with Crippen molar-refractivity contribution in [2.45, 2.75) is 51.1 Å². The summed E-state index contributed by atoms with van der Waals surface area (Å²) in [6.45, 7) is -0.0408. The molecule has 0 spiro atoms. The van der Waals surface area contributed by atoms with Gasteiger partial charge in [-0.3, -0.25) is 18.6 Å². The summed E-state index contributed by atoms with van der Waals surface area (Å²) < 4.78 is 2.98. The fraction of sp³-hybridized carbons (Fsp3) is 0.471. The molecule has 25 heavy (non-hydrogen) atoms. The van der Waals surface area contributed by atoms with E-state index in [4.69, 9.17) is 0 Å². The molecule has 3 heterocycles. The Kier molecular flexibility index (Phi) is 4.17. The summed E-state index contributed by atoms with van der Waals surface area (Å²) in [5.74, 6) is -0.150. The van der Waals surface area contributed by atoms with Gasteiger partial charge in [-0.2, -0.15) is 0 Å². The highest BCUT2D eigenvalue weighted by atomic mass is 16.2. The molecule has 0 radical (unpaired) electrons. The number of nitrogens with one attached hydrogen (secondary N) is 1. The van der Waals surface area contributed by atoms with Gasteiger partial charge in [0.2, 0.25) is 11.6 Å². The van der Waals surface area contributed by atoms with Crippen molar-refractivity contribution in [2.75, 3.05) is 0 Å². The Bertz CT molecular complexity index is 968. The number of carbonyl (C=O) groups excluding carboxylic acids is 1. The van der Waals surface area contributed by atoms with Crippen LogP contribution in [0.2, 0.25) is 0 Å². The van der Waals surface area contributed by atoms with Crippen LogP contribution in [-0.2, 0) is 11.3 Å². The molecule has 4 rings (SSSR count). The minimum Gasteiger partial charge on any atom is -0.352 e. The van der Waals surface area contributed by atoms with Crippen molar-refractivity contribution in [1.82, 2.24) is 29.5 Å². The summed E-state index contributed by atoms with van der Waals surface area (Å²) in [6.07, 6.45) is 9.85. The van der Waals surface area contributed by atoms with Gasteiger partial charge < -0.3 is 5.32 Å². The topological polar surface area (TPSA) is 94.2 Å². The minimum atomic E-state index is -0.339. The average Bonchev–Trinajstić information content (AvgIpc) is 2.98. The number of pyridine rings is 1. The highest BCUT2D eigenvalue weighted by molar-refractivity contribution is 5.80. The maximum Gasteiger partial charge on any atom is 0.297 e. The molecule has 0 aliphatic heterocycles. The predicted molar refractivity (Wildman–Crippen MR) is 92.2 cm³/mol. The summed E-state index contributed by atoms with van der Waals surface area (Å²) in [5.41, 5.74) is 0.989. The fourth-order valence-corrected chi connectivity index (χ4v) is 3.55. The van der Waals surface area contributed by atoms with Crippen LogP contribution in [0.4, 0.5) is 0 Å². The Morgan fingerprint density at radius 2 is 2.00 bits per heavy atom. The molecule has 8 heteroatoms. The molecule has 3 aromatic rings. The first-order chi connectivity index (χ1) is 12.2. The zero-order chi connectivity index (χ0) is 17.2. The molecule has 3 aromatic heterocycles. The highest BCUT2D eigenvalue weighted by Gasteiger charge is 2.18. The SMILES string of the molecule is O=C(Cn1c(=O)c2nncn2c2ncccc21)NC1CCCCCC1. The monoisotopic (exact) mass is 340 g/mol. The molecular weight excluding hydrogens is 320 g/mol. The number of nitrogens with zero attached hydrogens (tertiary/aromatic N) is 5. The van der Waals surface area contributed by atoms with Crippen LogP contribution in [0.3, 0.4) is 0 Å². The van der Waals surface area contributed by atoms with E-state index in [1.54, 1.807) is 22.7 Å². The van der Waals surface area contributed by atoms with E-state index >= 15 is 0 Å². The van der Waals surface area contributed by atoms with Crippen LogP contribution in [0.15, 0.2) is 29.5 Å². The Labute approximate surface area is 143 Å². The maximum absolute atomic E-state index is 12.7. The third-order valence-corrected chi connectivity index (χ3v) is 4.79. The molecule has 1 saturated carbocycles. The van der Waals surface area contributed by atoms with Crippen LogP contribution >= 0.6 is 0 Å². The quantitative estimate of drug-likeness (QED) is 0.725. The van der Waals surface area contributed by atoms with Gasteiger partial charge in [0.15, 0.2) is 5.65 Å². The second-order valence-electron chi connectivity index (χ2n) is 6.52. The Morgan fingerprint density at radius 1 is 1.20 bits per heavy atom. The first-order valence-electron chi connectivity index (χ1n) is 8.70. The molecule has 0 saturated heterocycles. The number of carbonyl (C=O) groups is 1. The molecule has 0 aromatic carbocycles. The number of rotatable bonds is 3. The van der Waals surface area contributed by atoms with Gasteiger partial charge in [0.1, 0.15) is 12.9 Å². The molecule has 1 aliphatic carbocycles. The van der Waals surface area contributed by atoms with Gasteiger partial charge in [0.05, 0.1) is 5.52 Å². The van der Waals surface area contributed by atoms with Crippen LogP contribution in [0.5, 0.6) is 0 Å². The first-order valence-corrected chi connectivity index (χ1v) is 8.70. The first kappa shape index (κ1) is 15.7. The van der Waals surface area contributed by atoms with Crippen molar-refractivity contribution in [1.29, 1.82) is 0 Å². The second kappa shape index (κ2) is 6.62. The lowest BCUT2D eigenvalue weighted by Crippen LogP contribution is -2.39. The zero-order valence-corrected chi connectivity index (χ0v) is 13.9. The van der Waals surface area contributed by atoms with Crippen LogP contribution in [0, 0.1) is 0 Å². The number of fused-ring (bicyclic) bond motifs is 3. The Hall–Kier alpha value is -2.77. The van der Waals surface area contributed by atoms with Crippen molar-refractivity contribution in [3.8, 4) is 0 Å². The Balaban J connectivity index is 1.67. The van der Waals surface area contributed by atoms with Gasteiger partial charge in [-0.05, 0) is 25.0 Å². The summed E-state index contributed by atoms with van der Waals surface area (Å²) in [6, 6.07) is 3.73. The van der Waals surface area contributed by atoms with Crippen molar-refractivity contribution in [3.05, 3.63) is 35.0 Å². The molecule has 0 atom stereocenters. The number of hydrogen-bond acceptors (Lipinski definition) is 5. The lowest BCUT2D eigenvalue weighted by molar-refractivity contribution is -0.122. The van der Waals surface area contributed by atoms with E-state index in [1.807, 2.05) is 0 Å². The van der Waals surface area contributed by atoms with Gasteiger partial charge >= 0.3 is 0 Å². The van der Waals surface area contributed by atoms with E-state index in [2.05, 4.69) is 20.5 Å². The van der Waals surface area contributed by atoms with E-state index < -0.39 is 0 Å². The number of amides is 1. The van der Waals surface area contributed by atoms with Gasteiger partial charge in [0, 0.05) is 12.2 Å². The van der Waals surface area contributed by atoms with Crippen molar-refractivity contribution < 1.29 is 4.79 Å². The number of aromatic nitrogens is 5. The van der Waals surface area contributed by atoms with Gasteiger partial charge in [-0.15, -0.1) is 10.2 Å². The minimum absolute atomic E-state index is 0.0408. The molecule has 0 unspecified atom stereocenters. The lowest BCUT2D eigenvalue weighted by atomic mass is 10.1. The molecule has 1 N–H and O–H groups in total. The molecule has 1 fully saturated rings. The van der Waals surface area contributed by atoms with E-state index in [0.717, 1.165) is 25.7 Å². The maximum atomic E-state index is 12.7. The van der Waals surface area contributed by atoms with Gasteiger partial charge in [0.25, 0.3) is 5.56 Å². The molecule has 1 amide bonds. The molecule has 0 bridgehead atoms. The normalized spacial score (nSPS) is 16.2. The van der Waals surface area contributed by atoms with E-state index in [-0.39, 0.29) is 29.7 Å². The smallest absolute Gasteiger partial charge is 0.297 e. The number of hydrogen-bond donors (Lipinski definition) is 1. The predicted octanol–water partition coefficient (Wildman–Crippen LogP) is 1.28. The van der Waals surface area contributed by atoms with Gasteiger partial charge in [-0.1, -0.05) is 25.7 Å². The van der Waals surface area contributed by atoms with E-state index in [0.29, 0.717) is 11.2 Å².